The highest BCUT2D eigenvalue weighted by atomic mass is 35.5. The molecule has 1 aliphatic rings. The predicted octanol–water partition coefficient (Wildman–Crippen LogP) is 2.71. The Morgan fingerprint density at radius 1 is 1.53 bits per heavy atom. The van der Waals surface area contributed by atoms with Crippen molar-refractivity contribution < 1.29 is 4.79 Å². The third kappa shape index (κ3) is 2.61. The SMILES string of the molecule is Cc1ccc(Cl)cc1NC(=O)C(C)(N)C1CC1. The Morgan fingerprint density at radius 3 is 2.76 bits per heavy atom. The fraction of sp³-hybridized carbons (Fsp3) is 0.462. The summed E-state index contributed by atoms with van der Waals surface area (Å²) in [5, 5.41) is 3.47. The van der Waals surface area contributed by atoms with Gasteiger partial charge in [0.05, 0.1) is 5.54 Å². The molecule has 1 aliphatic carbocycles. The number of halogens is 1. The molecule has 92 valence electrons. The summed E-state index contributed by atoms with van der Waals surface area (Å²) < 4.78 is 0. The van der Waals surface area contributed by atoms with Crippen LogP contribution in [-0.2, 0) is 4.79 Å². The first kappa shape index (κ1) is 12.4. The molecule has 17 heavy (non-hydrogen) atoms. The van der Waals surface area contributed by atoms with Crippen molar-refractivity contribution in [3.63, 3.8) is 0 Å². The minimum absolute atomic E-state index is 0.134. The van der Waals surface area contributed by atoms with Gasteiger partial charge in [-0.15, -0.1) is 0 Å². The summed E-state index contributed by atoms with van der Waals surface area (Å²) in [4.78, 5) is 12.1. The maximum atomic E-state index is 12.1. The lowest BCUT2D eigenvalue weighted by atomic mass is 9.96. The first-order valence-electron chi connectivity index (χ1n) is 5.77. The molecule has 4 heteroatoms. The number of carbonyl (C=O) groups is 1. The van der Waals surface area contributed by atoms with Crippen molar-refractivity contribution in [1.82, 2.24) is 0 Å². The number of benzene rings is 1. The fourth-order valence-electron chi connectivity index (χ4n) is 1.85. The van der Waals surface area contributed by atoms with Crippen molar-refractivity contribution in [2.24, 2.45) is 11.7 Å². The van der Waals surface area contributed by atoms with Crippen LogP contribution >= 0.6 is 11.6 Å². The van der Waals surface area contributed by atoms with Gasteiger partial charge in [0, 0.05) is 10.7 Å². The van der Waals surface area contributed by atoms with Gasteiger partial charge in [-0.25, -0.2) is 0 Å². The summed E-state index contributed by atoms with van der Waals surface area (Å²) in [7, 11) is 0. The van der Waals surface area contributed by atoms with E-state index in [4.69, 9.17) is 17.3 Å². The molecule has 1 amide bonds. The van der Waals surface area contributed by atoms with Gasteiger partial charge in [-0.2, -0.15) is 0 Å². The Labute approximate surface area is 106 Å². The minimum atomic E-state index is -0.783. The highest BCUT2D eigenvalue weighted by molar-refractivity contribution is 6.31. The molecular weight excluding hydrogens is 236 g/mol. The first-order valence-corrected chi connectivity index (χ1v) is 6.15. The molecule has 0 spiro atoms. The van der Waals surface area contributed by atoms with E-state index in [1.54, 1.807) is 19.1 Å². The van der Waals surface area contributed by atoms with E-state index >= 15 is 0 Å². The van der Waals surface area contributed by atoms with Crippen LogP contribution in [0.25, 0.3) is 0 Å². The van der Waals surface area contributed by atoms with Gasteiger partial charge < -0.3 is 11.1 Å². The molecule has 1 aromatic rings. The topological polar surface area (TPSA) is 55.1 Å². The van der Waals surface area contributed by atoms with E-state index in [1.165, 1.54) is 0 Å². The van der Waals surface area contributed by atoms with E-state index in [1.807, 2.05) is 13.0 Å². The summed E-state index contributed by atoms with van der Waals surface area (Å²) in [6.45, 7) is 3.72. The third-order valence-electron chi connectivity index (χ3n) is 3.36. The van der Waals surface area contributed by atoms with Gasteiger partial charge in [0.15, 0.2) is 0 Å². The monoisotopic (exact) mass is 252 g/mol. The molecule has 1 atom stereocenters. The first-order chi connectivity index (χ1) is 7.91. The Bertz CT molecular complexity index is 453. The third-order valence-corrected chi connectivity index (χ3v) is 3.60. The van der Waals surface area contributed by atoms with E-state index in [-0.39, 0.29) is 5.91 Å². The summed E-state index contributed by atoms with van der Waals surface area (Å²) in [5.74, 6) is 0.173. The zero-order chi connectivity index (χ0) is 12.6. The largest absolute Gasteiger partial charge is 0.324 e. The molecule has 1 saturated carbocycles. The van der Waals surface area contributed by atoms with Crippen LogP contribution in [0.4, 0.5) is 5.69 Å². The van der Waals surface area contributed by atoms with Crippen molar-refractivity contribution in [2.75, 3.05) is 5.32 Å². The number of hydrogen-bond acceptors (Lipinski definition) is 2. The Balaban J connectivity index is 2.15. The van der Waals surface area contributed by atoms with Crippen LogP contribution in [0.15, 0.2) is 18.2 Å². The zero-order valence-corrected chi connectivity index (χ0v) is 10.8. The molecule has 1 fully saturated rings. The highest BCUT2D eigenvalue weighted by Gasteiger charge is 2.44. The van der Waals surface area contributed by atoms with Gasteiger partial charge >= 0.3 is 0 Å². The Morgan fingerprint density at radius 2 is 2.18 bits per heavy atom. The van der Waals surface area contributed by atoms with E-state index in [0.29, 0.717) is 10.9 Å². The molecule has 0 aliphatic heterocycles. The molecule has 0 heterocycles. The predicted molar refractivity (Wildman–Crippen MR) is 70.1 cm³/mol. The van der Waals surface area contributed by atoms with E-state index < -0.39 is 5.54 Å². The summed E-state index contributed by atoms with van der Waals surface area (Å²) in [6, 6.07) is 5.43. The van der Waals surface area contributed by atoms with Gasteiger partial charge in [0.25, 0.3) is 0 Å². The molecule has 2 rings (SSSR count). The van der Waals surface area contributed by atoms with Crippen LogP contribution in [0.1, 0.15) is 25.3 Å². The molecule has 1 unspecified atom stereocenters. The van der Waals surface area contributed by atoms with Crippen LogP contribution in [-0.4, -0.2) is 11.4 Å². The van der Waals surface area contributed by atoms with Gasteiger partial charge in [-0.05, 0) is 50.3 Å². The van der Waals surface area contributed by atoms with Crippen molar-refractivity contribution in [1.29, 1.82) is 0 Å². The normalized spacial score (nSPS) is 18.6. The molecule has 0 aromatic heterocycles. The van der Waals surface area contributed by atoms with E-state index in [2.05, 4.69) is 5.32 Å². The average molecular weight is 253 g/mol. The second-order valence-corrected chi connectivity index (χ2v) is 5.41. The average Bonchev–Trinajstić information content (AvgIpc) is 3.07. The highest BCUT2D eigenvalue weighted by Crippen LogP contribution is 2.38. The second kappa shape index (κ2) is 4.31. The number of nitrogens with two attached hydrogens (primary N) is 1. The van der Waals surface area contributed by atoms with Crippen molar-refractivity contribution in [3.8, 4) is 0 Å². The van der Waals surface area contributed by atoms with Crippen molar-refractivity contribution in [2.45, 2.75) is 32.2 Å². The molecule has 0 saturated heterocycles. The lowest BCUT2D eigenvalue weighted by molar-refractivity contribution is -0.121. The summed E-state index contributed by atoms with van der Waals surface area (Å²) >= 11 is 5.91. The number of anilines is 1. The number of nitrogens with one attached hydrogen (secondary N) is 1. The number of rotatable bonds is 3. The van der Waals surface area contributed by atoms with Crippen molar-refractivity contribution >= 4 is 23.2 Å². The fourth-order valence-corrected chi connectivity index (χ4v) is 2.03. The van der Waals surface area contributed by atoms with Gasteiger partial charge in [-0.3, -0.25) is 4.79 Å². The standard InChI is InChI=1S/C13H17ClN2O/c1-8-3-6-10(14)7-11(8)16-12(17)13(2,15)9-4-5-9/h3,6-7,9H,4-5,15H2,1-2H3,(H,16,17). The molecule has 0 bridgehead atoms. The second-order valence-electron chi connectivity index (χ2n) is 4.97. The quantitative estimate of drug-likeness (QED) is 0.869. The van der Waals surface area contributed by atoms with E-state index in [0.717, 1.165) is 24.1 Å². The van der Waals surface area contributed by atoms with Crippen LogP contribution in [0, 0.1) is 12.8 Å². The molecular formula is C13H17ClN2O. The zero-order valence-electron chi connectivity index (χ0n) is 10.1. The molecule has 3 N–H and O–H groups in total. The van der Waals surface area contributed by atoms with Crippen LogP contribution < -0.4 is 11.1 Å². The number of carbonyl (C=O) groups excluding carboxylic acids is 1. The van der Waals surface area contributed by atoms with Gasteiger partial charge in [0.2, 0.25) is 5.91 Å². The number of amides is 1. The minimum Gasteiger partial charge on any atom is -0.324 e. The van der Waals surface area contributed by atoms with Crippen molar-refractivity contribution in [3.05, 3.63) is 28.8 Å². The summed E-state index contributed by atoms with van der Waals surface area (Å²) in [6.07, 6.45) is 2.07. The number of hydrogen-bond donors (Lipinski definition) is 2. The van der Waals surface area contributed by atoms with Crippen LogP contribution in [0.3, 0.4) is 0 Å². The lowest BCUT2D eigenvalue weighted by Gasteiger charge is -2.23. The lowest BCUT2D eigenvalue weighted by Crippen LogP contribution is -2.50. The summed E-state index contributed by atoms with van der Waals surface area (Å²) in [5.41, 5.74) is 6.99. The number of aryl methyl sites for hydroxylation is 1. The van der Waals surface area contributed by atoms with Gasteiger partial charge in [0.1, 0.15) is 0 Å². The van der Waals surface area contributed by atoms with Gasteiger partial charge in [-0.1, -0.05) is 17.7 Å². The van der Waals surface area contributed by atoms with Crippen LogP contribution in [0.2, 0.25) is 5.02 Å². The molecule has 3 nitrogen and oxygen atoms in total. The molecule has 1 aromatic carbocycles. The van der Waals surface area contributed by atoms with Crippen LogP contribution in [0.5, 0.6) is 0 Å². The maximum Gasteiger partial charge on any atom is 0.244 e. The molecule has 0 radical (unpaired) electrons. The van der Waals surface area contributed by atoms with E-state index in [9.17, 15) is 4.79 Å². The Hall–Kier alpha value is -1.06. The maximum absolute atomic E-state index is 12.1. The smallest absolute Gasteiger partial charge is 0.244 e. The Kier molecular flexibility index (Phi) is 3.15.